The Balaban J connectivity index is 2.30. The van der Waals surface area contributed by atoms with Crippen LogP contribution in [-0.4, -0.2) is 22.6 Å². The van der Waals surface area contributed by atoms with Gasteiger partial charge in [-0.05, 0) is 30.2 Å². The molecule has 1 heterocycles. The summed E-state index contributed by atoms with van der Waals surface area (Å²) in [5, 5.41) is 3.34. The molecule has 1 aromatic heterocycles. The number of nitrogens with one attached hydrogen (secondary N) is 1. The number of imidazole rings is 1. The zero-order valence-corrected chi connectivity index (χ0v) is 11.8. The summed E-state index contributed by atoms with van der Waals surface area (Å²) in [4.78, 5) is 4.75. The van der Waals surface area contributed by atoms with Crippen molar-refractivity contribution in [3.8, 4) is 0 Å². The van der Waals surface area contributed by atoms with Gasteiger partial charge in [0.15, 0.2) is 0 Å². The number of benzene rings is 1. The molecule has 1 aromatic carbocycles. The SMILES string of the molecule is CCNCCc1nc2cc(C(C)C)ccc2n1C. The van der Waals surface area contributed by atoms with E-state index in [1.165, 1.54) is 11.1 Å². The second kappa shape index (κ2) is 5.53. The minimum absolute atomic E-state index is 0.557. The number of aromatic nitrogens is 2. The molecule has 0 saturated heterocycles. The highest BCUT2D eigenvalue weighted by Crippen LogP contribution is 2.21. The standard InChI is InChI=1S/C15H23N3/c1-5-16-9-8-15-17-13-10-12(11(2)3)6-7-14(13)18(15)4/h6-7,10-11,16H,5,8-9H2,1-4H3. The van der Waals surface area contributed by atoms with Crippen molar-refractivity contribution in [3.63, 3.8) is 0 Å². The fourth-order valence-corrected chi connectivity index (χ4v) is 2.23. The molecule has 0 aliphatic heterocycles. The Bertz CT molecular complexity index is 526. The van der Waals surface area contributed by atoms with Gasteiger partial charge >= 0.3 is 0 Å². The van der Waals surface area contributed by atoms with Gasteiger partial charge in [0.25, 0.3) is 0 Å². The highest BCUT2D eigenvalue weighted by Gasteiger charge is 2.09. The average Bonchev–Trinajstić information content (AvgIpc) is 2.66. The molecule has 0 spiro atoms. The lowest BCUT2D eigenvalue weighted by Crippen LogP contribution is -2.17. The summed E-state index contributed by atoms with van der Waals surface area (Å²) in [7, 11) is 2.10. The summed E-state index contributed by atoms with van der Waals surface area (Å²) in [6.07, 6.45) is 0.982. The van der Waals surface area contributed by atoms with E-state index in [1.54, 1.807) is 0 Å². The van der Waals surface area contributed by atoms with Crippen molar-refractivity contribution in [1.29, 1.82) is 0 Å². The minimum Gasteiger partial charge on any atom is -0.331 e. The maximum absolute atomic E-state index is 4.75. The molecule has 0 bridgehead atoms. The Morgan fingerprint density at radius 3 is 2.78 bits per heavy atom. The van der Waals surface area contributed by atoms with E-state index in [4.69, 9.17) is 4.98 Å². The third-order valence-corrected chi connectivity index (χ3v) is 3.44. The molecule has 0 aliphatic carbocycles. The van der Waals surface area contributed by atoms with Gasteiger partial charge in [-0.1, -0.05) is 26.8 Å². The van der Waals surface area contributed by atoms with Crippen LogP contribution in [0.5, 0.6) is 0 Å². The molecular formula is C15H23N3. The molecule has 0 fully saturated rings. The number of nitrogens with zero attached hydrogens (tertiary/aromatic N) is 2. The van der Waals surface area contributed by atoms with E-state index in [0.29, 0.717) is 5.92 Å². The largest absolute Gasteiger partial charge is 0.331 e. The summed E-state index contributed by atoms with van der Waals surface area (Å²) in [5.74, 6) is 1.72. The van der Waals surface area contributed by atoms with Crippen LogP contribution in [0.1, 0.15) is 38.1 Å². The maximum atomic E-state index is 4.75. The monoisotopic (exact) mass is 245 g/mol. The zero-order chi connectivity index (χ0) is 13.1. The van der Waals surface area contributed by atoms with Gasteiger partial charge in [0.1, 0.15) is 5.82 Å². The Hall–Kier alpha value is -1.35. The third-order valence-electron chi connectivity index (χ3n) is 3.44. The summed E-state index contributed by atoms with van der Waals surface area (Å²) in [6.45, 7) is 8.57. The van der Waals surface area contributed by atoms with Crippen molar-refractivity contribution in [2.45, 2.75) is 33.1 Å². The number of fused-ring (bicyclic) bond motifs is 1. The van der Waals surface area contributed by atoms with Crippen LogP contribution in [-0.2, 0) is 13.5 Å². The summed E-state index contributed by atoms with van der Waals surface area (Å²) < 4.78 is 2.21. The molecule has 0 atom stereocenters. The van der Waals surface area contributed by atoms with Crippen molar-refractivity contribution in [2.75, 3.05) is 13.1 Å². The molecule has 1 N–H and O–H groups in total. The number of hydrogen-bond donors (Lipinski definition) is 1. The number of hydrogen-bond acceptors (Lipinski definition) is 2. The molecule has 0 aliphatic rings. The predicted octanol–water partition coefficient (Wildman–Crippen LogP) is 2.85. The fourth-order valence-electron chi connectivity index (χ4n) is 2.23. The summed E-state index contributed by atoms with van der Waals surface area (Å²) in [6, 6.07) is 6.62. The van der Waals surface area contributed by atoms with Crippen molar-refractivity contribution in [3.05, 3.63) is 29.6 Å². The first-order valence-corrected chi connectivity index (χ1v) is 6.79. The van der Waals surface area contributed by atoms with E-state index in [2.05, 4.69) is 55.9 Å². The molecule has 98 valence electrons. The van der Waals surface area contributed by atoms with Crippen LogP contribution < -0.4 is 5.32 Å². The molecule has 3 heteroatoms. The highest BCUT2D eigenvalue weighted by atomic mass is 15.1. The first-order chi connectivity index (χ1) is 8.63. The Morgan fingerprint density at radius 1 is 1.33 bits per heavy atom. The van der Waals surface area contributed by atoms with Gasteiger partial charge in [0.05, 0.1) is 11.0 Å². The predicted molar refractivity (Wildman–Crippen MR) is 77.1 cm³/mol. The quantitative estimate of drug-likeness (QED) is 0.821. The Kier molecular flexibility index (Phi) is 4.02. The number of likely N-dealkylation sites (N-methyl/N-ethyl adjacent to an activating group) is 1. The van der Waals surface area contributed by atoms with Crippen molar-refractivity contribution >= 4 is 11.0 Å². The van der Waals surface area contributed by atoms with Crippen LogP contribution in [0.4, 0.5) is 0 Å². The number of aryl methyl sites for hydroxylation is 1. The second-order valence-electron chi connectivity index (χ2n) is 5.09. The second-order valence-corrected chi connectivity index (χ2v) is 5.09. The normalized spacial score (nSPS) is 11.6. The van der Waals surface area contributed by atoms with E-state index in [0.717, 1.165) is 30.9 Å². The first-order valence-electron chi connectivity index (χ1n) is 6.79. The highest BCUT2D eigenvalue weighted by molar-refractivity contribution is 5.77. The summed E-state index contributed by atoms with van der Waals surface area (Å²) in [5.41, 5.74) is 3.71. The lowest BCUT2D eigenvalue weighted by atomic mass is 10.0. The summed E-state index contributed by atoms with van der Waals surface area (Å²) >= 11 is 0. The van der Waals surface area contributed by atoms with Gasteiger partial charge in [-0.25, -0.2) is 4.98 Å². The fraction of sp³-hybridized carbons (Fsp3) is 0.533. The first kappa shape index (κ1) is 13.1. The van der Waals surface area contributed by atoms with E-state index >= 15 is 0 Å². The topological polar surface area (TPSA) is 29.9 Å². The molecule has 0 saturated carbocycles. The van der Waals surface area contributed by atoms with Crippen LogP contribution >= 0.6 is 0 Å². The van der Waals surface area contributed by atoms with Crippen molar-refractivity contribution < 1.29 is 0 Å². The lowest BCUT2D eigenvalue weighted by Gasteiger charge is -2.05. The lowest BCUT2D eigenvalue weighted by molar-refractivity contribution is 0.680. The zero-order valence-electron chi connectivity index (χ0n) is 11.8. The average molecular weight is 245 g/mol. The van der Waals surface area contributed by atoms with Crippen molar-refractivity contribution in [2.24, 2.45) is 7.05 Å². The van der Waals surface area contributed by atoms with Gasteiger partial charge in [0, 0.05) is 20.0 Å². The third kappa shape index (κ3) is 2.56. The van der Waals surface area contributed by atoms with Crippen LogP contribution in [0.2, 0.25) is 0 Å². The van der Waals surface area contributed by atoms with E-state index in [-0.39, 0.29) is 0 Å². The van der Waals surface area contributed by atoms with Crippen LogP contribution in [0.15, 0.2) is 18.2 Å². The molecule has 18 heavy (non-hydrogen) atoms. The number of rotatable bonds is 5. The molecule has 3 nitrogen and oxygen atoms in total. The van der Waals surface area contributed by atoms with E-state index < -0.39 is 0 Å². The van der Waals surface area contributed by atoms with E-state index in [1.807, 2.05) is 0 Å². The Labute approximate surface area is 109 Å². The van der Waals surface area contributed by atoms with E-state index in [9.17, 15) is 0 Å². The van der Waals surface area contributed by atoms with Gasteiger partial charge in [-0.15, -0.1) is 0 Å². The molecule has 2 rings (SSSR count). The maximum Gasteiger partial charge on any atom is 0.110 e. The van der Waals surface area contributed by atoms with Crippen LogP contribution in [0, 0.1) is 0 Å². The van der Waals surface area contributed by atoms with Gasteiger partial charge in [-0.2, -0.15) is 0 Å². The molecular weight excluding hydrogens is 222 g/mol. The van der Waals surface area contributed by atoms with Gasteiger partial charge in [0.2, 0.25) is 0 Å². The van der Waals surface area contributed by atoms with Gasteiger partial charge in [-0.3, -0.25) is 0 Å². The molecule has 2 aromatic rings. The van der Waals surface area contributed by atoms with Crippen molar-refractivity contribution in [1.82, 2.24) is 14.9 Å². The Morgan fingerprint density at radius 2 is 2.11 bits per heavy atom. The molecule has 0 radical (unpaired) electrons. The smallest absolute Gasteiger partial charge is 0.110 e. The van der Waals surface area contributed by atoms with Crippen LogP contribution in [0.25, 0.3) is 11.0 Å². The molecule has 0 unspecified atom stereocenters. The van der Waals surface area contributed by atoms with Crippen LogP contribution in [0.3, 0.4) is 0 Å². The molecule has 0 amide bonds. The van der Waals surface area contributed by atoms with Gasteiger partial charge < -0.3 is 9.88 Å². The minimum atomic E-state index is 0.557.